The van der Waals surface area contributed by atoms with Gasteiger partial charge in [-0.05, 0) is 30.0 Å². The van der Waals surface area contributed by atoms with Gasteiger partial charge in [-0.1, -0.05) is 12.1 Å². The number of methoxy groups -OCH3 is 1. The van der Waals surface area contributed by atoms with Gasteiger partial charge in [0.05, 0.1) is 18.1 Å². The second kappa shape index (κ2) is 5.75. The molecule has 0 unspecified atom stereocenters. The molecule has 2 rings (SSSR count). The normalized spacial score (nSPS) is 10.2. The highest BCUT2D eigenvalue weighted by atomic mass is 32.2. The maximum Gasteiger partial charge on any atom is 0.273 e. The standard InChI is InChI=1S/C14H13NO3S/c1-18-14-9-11(15(16)17)6-7-13(14)10-4-3-5-12(8-10)19-2/h3-9H,1-2H3. The van der Waals surface area contributed by atoms with E-state index in [9.17, 15) is 10.1 Å². The van der Waals surface area contributed by atoms with E-state index in [-0.39, 0.29) is 5.69 Å². The average Bonchev–Trinajstić information content (AvgIpc) is 2.46. The van der Waals surface area contributed by atoms with Gasteiger partial charge in [-0.25, -0.2) is 0 Å². The second-order valence-electron chi connectivity index (χ2n) is 3.87. The minimum absolute atomic E-state index is 0.0293. The predicted octanol–water partition coefficient (Wildman–Crippen LogP) is 3.99. The molecule has 0 saturated heterocycles. The molecule has 0 N–H and O–H groups in total. The number of ether oxygens (including phenoxy) is 1. The molecule has 5 heteroatoms. The summed E-state index contributed by atoms with van der Waals surface area (Å²) in [5, 5.41) is 10.8. The van der Waals surface area contributed by atoms with Crippen molar-refractivity contribution in [3.05, 3.63) is 52.6 Å². The van der Waals surface area contributed by atoms with E-state index in [1.165, 1.54) is 19.2 Å². The topological polar surface area (TPSA) is 52.4 Å². The van der Waals surface area contributed by atoms with Gasteiger partial charge in [0, 0.05) is 16.5 Å². The summed E-state index contributed by atoms with van der Waals surface area (Å²) in [7, 11) is 1.51. The van der Waals surface area contributed by atoms with E-state index >= 15 is 0 Å². The first-order valence-electron chi connectivity index (χ1n) is 5.62. The van der Waals surface area contributed by atoms with Crippen LogP contribution in [0.1, 0.15) is 0 Å². The molecule has 0 aromatic heterocycles. The van der Waals surface area contributed by atoms with Crippen LogP contribution in [-0.4, -0.2) is 18.3 Å². The van der Waals surface area contributed by atoms with Crippen molar-refractivity contribution in [2.45, 2.75) is 4.90 Å². The number of nitro benzene ring substituents is 1. The number of nitro groups is 1. The fourth-order valence-electron chi connectivity index (χ4n) is 1.82. The predicted molar refractivity (Wildman–Crippen MR) is 76.9 cm³/mol. The van der Waals surface area contributed by atoms with Gasteiger partial charge in [-0.3, -0.25) is 10.1 Å². The lowest BCUT2D eigenvalue weighted by atomic mass is 10.0. The van der Waals surface area contributed by atoms with E-state index in [1.54, 1.807) is 17.8 Å². The summed E-state index contributed by atoms with van der Waals surface area (Å²) in [5.41, 5.74) is 1.87. The molecule has 0 aliphatic carbocycles. The Hall–Kier alpha value is -2.01. The summed E-state index contributed by atoms with van der Waals surface area (Å²) >= 11 is 1.65. The third-order valence-electron chi connectivity index (χ3n) is 2.78. The van der Waals surface area contributed by atoms with Crippen molar-refractivity contribution in [2.24, 2.45) is 0 Å². The monoisotopic (exact) mass is 275 g/mol. The van der Waals surface area contributed by atoms with Crippen LogP contribution in [0.3, 0.4) is 0 Å². The molecule has 2 aromatic rings. The third-order valence-corrected chi connectivity index (χ3v) is 3.50. The van der Waals surface area contributed by atoms with Crippen LogP contribution < -0.4 is 4.74 Å². The second-order valence-corrected chi connectivity index (χ2v) is 4.75. The molecule has 0 saturated carbocycles. The van der Waals surface area contributed by atoms with Gasteiger partial charge in [0.15, 0.2) is 0 Å². The molecular formula is C14H13NO3S. The largest absolute Gasteiger partial charge is 0.496 e. The van der Waals surface area contributed by atoms with Crippen LogP contribution in [0.2, 0.25) is 0 Å². The van der Waals surface area contributed by atoms with Crippen LogP contribution in [0.25, 0.3) is 11.1 Å². The van der Waals surface area contributed by atoms with Crippen LogP contribution >= 0.6 is 11.8 Å². The van der Waals surface area contributed by atoms with E-state index in [1.807, 2.05) is 30.5 Å². The first kappa shape index (κ1) is 13.4. The average molecular weight is 275 g/mol. The number of non-ortho nitro benzene ring substituents is 1. The Bertz CT molecular complexity index is 613. The molecule has 98 valence electrons. The number of nitrogens with zero attached hydrogens (tertiary/aromatic N) is 1. The number of hydrogen-bond donors (Lipinski definition) is 0. The van der Waals surface area contributed by atoms with Crippen molar-refractivity contribution < 1.29 is 9.66 Å². The Balaban J connectivity index is 2.51. The highest BCUT2D eigenvalue weighted by Crippen LogP contribution is 2.34. The lowest BCUT2D eigenvalue weighted by molar-refractivity contribution is -0.384. The maximum atomic E-state index is 10.8. The van der Waals surface area contributed by atoms with Crippen molar-refractivity contribution in [1.82, 2.24) is 0 Å². The minimum atomic E-state index is -0.426. The van der Waals surface area contributed by atoms with E-state index in [0.717, 1.165) is 16.0 Å². The molecule has 4 nitrogen and oxygen atoms in total. The number of thioether (sulfide) groups is 1. The van der Waals surface area contributed by atoms with Crippen molar-refractivity contribution in [2.75, 3.05) is 13.4 Å². The summed E-state index contributed by atoms with van der Waals surface area (Å²) in [6.45, 7) is 0. The molecular weight excluding hydrogens is 262 g/mol. The number of hydrogen-bond acceptors (Lipinski definition) is 4. The molecule has 2 aromatic carbocycles. The zero-order valence-electron chi connectivity index (χ0n) is 10.6. The zero-order chi connectivity index (χ0) is 13.8. The Morgan fingerprint density at radius 2 is 2.00 bits per heavy atom. The van der Waals surface area contributed by atoms with Gasteiger partial charge >= 0.3 is 0 Å². The van der Waals surface area contributed by atoms with Crippen molar-refractivity contribution in [3.8, 4) is 16.9 Å². The smallest absolute Gasteiger partial charge is 0.273 e. The summed E-state index contributed by atoms with van der Waals surface area (Å²) in [4.78, 5) is 11.5. The lowest BCUT2D eigenvalue weighted by Crippen LogP contribution is -1.92. The highest BCUT2D eigenvalue weighted by Gasteiger charge is 2.12. The van der Waals surface area contributed by atoms with Crippen LogP contribution in [0.15, 0.2) is 47.4 Å². The van der Waals surface area contributed by atoms with Gasteiger partial charge in [0.25, 0.3) is 5.69 Å². The van der Waals surface area contributed by atoms with Crippen molar-refractivity contribution in [3.63, 3.8) is 0 Å². The number of benzene rings is 2. The molecule has 0 heterocycles. The molecule has 0 amide bonds. The van der Waals surface area contributed by atoms with E-state index in [0.29, 0.717) is 5.75 Å². The molecule has 0 bridgehead atoms. The molecule has 0 aliphatic rings. The van der Waals surface area contributed by atoms with Crippen molar-refractivity contribution in [1.29, 1.82) is 0 Å². The van der Waals surface area contributed by atoms with E-state index in [2.05, 4.69) is 0 Å². The van der Waals surface area contributed by atoms with Crippen LogP contribution in [0, 0.1) is 10.1 Å². The van der Waals surface area contributed by atoms with Gasteiger partial charge < -0.3 is 4.74 Å². The summed E-state index contributed by atoms with van der Waals surface area (Å²) < 4.78 is 5.25. The van der Waals surface area contributed by atoms with Gasteiger partial charge in [0.1, 0.15) is 5.75 Å². The summed E-state index contributed by atoms with van der Waals surface area (Å²) in [6.07, 6.45) is 2.01. The molecule has 0 radical (unpaired) electrons. The maximum absolute atomic E-state index is 10.8. The Morgan fingerprint density at radius 3 is 2.63 bits per heavy atom. The highest BCUT2D eigenvalue weighted by molar-refractivity contribution is 7.98. The first-order chi connectivity index (χ1) is 9.15. The quantitative estimate of drug-likeness (QED) is 0.481. The fraction of sp³-hybridized carbons (Fsp3) is 0.143. The number of rotatable bonds is 4. The van der Waals surface area contributed by atoms with Crippen LogP contribution in [0.4, 0.5) is 5.69 Å². The SMILES string of the molecule is COc1cc([N+](=O)[O-])ccc1-c1cccc(SC)c1. The molecule has 0 atom stereocenters. The summed E-state index contributed by atoms with van der Waals surface area (Å²) in [6, 6.07) is 12.6. The zero-order valence-corrected chi connectivity index (χ0v) is 11.4. The minimum Gasteiger partial charge on any atom is -0.496 e. The van der Waals surface area contributed by atoms with Gasteiger partial charge in [-0.15, -0.1) is 11.8 Å². The third kappa shape index (κ3) is 2.88. The Morgan fingerprint density at radius 1 is 1.21 bits per heavy atom. The first-order valence-corrected chi connectivity index (χ1v) is 6.85. The molecule has 0 fully saturated rings. The lowest BCUT2D eigenvalue weighted by Gasteiger charge is -2.09. The summed E-state index contributed by atoms with van der Waals surface area (Å²) in [5.74, 6) is 0.507. The molecule has 0 spiro atoms. The van der Waals surface area contributed by atoms with Gasteiger partial charge in [-0.2, -0.15) is 0 Å². The molecule has 0 aliphatic heterocycles. The fourth-order valence-corrected chi connectivity index (χ4v) is 2.28. The van der Waals surface area contributed by atoms with Crippen LogP contribution in [-0.2, 0) is 0 Å². The van der Waals surface area contributed by atoms with Crippen LogP contribution in [0.5, 0.6) is 5.75 Å². The van der Waals surface area contributed by atoms with Crippen molar-refractivity contribution >= 4 is 17.4 Å². The van der Waals surface area contributed by atoms with Gasteiger partial charge in [0.2, 0.25) is 0 Å². The Labute approximate surface area is 115 Å². The van der Waals surface area contributed by atoms with E-state index in [4.69, 9.17) is 4.74 Å². The van der Waals surface area contributed by atoms with E-state index < -0.39 is 4.92 Å². The Kier molecular flexibility index (Phi) is 4.06. The molecule has 19 heavy (non-hydrogen) atoms.